The molecule has 0 amide bonds. The second-order valence-corrected chi connectivity index (χ2v) is 12.1. The Kier molecular flexibility index (Phi) is 8.71. The van der Waals surface area contributed by atoms with Crippen LogP contribution in [0.3, 0.4) is 0 Å². The number of nitrogens with zero attached hydrogens (tertiary/aromatic N) is 3. The summed E-state index contributed by atoms with van der Waals surface area (Å²) in [6.45, 7) is 8.14. The van der Waals surface area contributed by atoms with Crippen LogP contribution >= 0.6 is 0 Å². The van der Waals surface area contributed by atoms with E-state index in [1.807, 2.05) is 107 Å². The van der Waals surface area contributed by atoms with E-state index in [4.69, 9.17) is 17.6 Å². The Bertz CT molecular complexity index is 2320. The topological polar surface area (TPSA) is 51.8 Å². The van der Waals surface area contributed by atoms with Gasteiger partial charge in [0.25, 0.3) is 0 Å². The van der Waals surface area contributed by atoms with Gasteiger partial charge in [0.15, 0.2) is 0 Å². The molecule has 5 heteroatoms. The summed E-state index contributed by atoms with van der Waals surface area (Å²) >= 11 is 0. The monoisotopic (exact) mass is 814 g/mol. The quantitative estimate of drug-likeness (QED) is 0.157. The van der Waals surface area contributed by atoms with Gasteiger partial charge in [-0.2, -0.15) is 0 Å². The minimum Gasteiger partial charge on any atom is -0.486 e. The first-order valence-corrected chi connectivity index (χ1v) is 15.6. The van der Waals surface area contributed by atoms with E-state index in [0.717, 1.165) is 38.7 Å². The second kappa shape index (κ2) is 15.2. The maximum atomic E-state index is 8.78. The van der Waals surface area contributed by atoms with Gasteiger partial charge in [0, 0.05) is 51.7 Å². The molecule has 245 valence electrons. The summed E-state index contributed by atoms with van der Waals surface area (Å²) in [6.07, 6.45) is 3.25. The van der Waals surface area contributed by atoms with E-state index in [1.165, 1.54) is 12.3 Å². The number of furan rings is 1. The van der Waals surface area contributed by atoms with Crippen molar-refractivity contribution in [3.63, 3.8) is 0 Å². The number of aryl methyl sites for hydroxylation is 1. The Morgan fingerprint density at radius 1 is 0.688 bits per heavy atom. The summed E-state index contributed by atoms with van der Waals surface area (Å²) in [5.74, 6) is -2.98. The first kappa shape index (κ1) is 27.5. The van der Waals surface area contributed by atoms with Crippen LogP contribution in [-0.2, 0) is 20.1 Å². The summed E-state index contributed by atoms with van der Waals surface area (Å²) in [6, 6.07) is 34.6. The van der Waals surface area contributed by atoms with Gasteiger partial charge in [-0.05, 0) is 70.8 Å². The van der Waals surface area contributed by atoms with Gasteiger partial charge in [0.1, 0.15) is 0 Å². The van der Waals surface area contributed by atoms with Crippen LogP contribution in [0.1, 0.15) is 89.7 Å². The molecule has 0 aliphatic carbocycles. The van der Waals surface area contributed by atoms with Gasteiger partial charge < -0.3 is 14.4 Å². The zero-order valence-electron chi connectivity index (χ0n) is 33.9. The fourth-order valence-electron chi connectivity index (χ4n) is 5.68. The smallest absolute Gasteiger partial charge is 0.216 e. The van der Waals surface area contributed by atoms with Crippen molar-refractivity contribution in [2.45, 2.75) is 66.1 Å². The molecule has 0 saturated carbocycles. The summed E-state index contributed by atoms with van der Waals surface area (Å²) < 4.78 is 56.5. The molecule has 0 atom stereocenters. The fraction of sp³-hybridized carbons (Fsp3) is 0.233. The third-order valence-electron chi connectivity index (χ3n) is 8.05. The largest absolute Gasteiger partial charge is 0.486 e. The minimum absolute atomic E-state index is 0. The van der Waals surface area contributed by atoms with Gasteiger partial charge in [-0.15, -0.1) is 54.1 Å². The van der Waals surface area contributed by atoms with Crippen LogP contribution in [-0.4, -0.2) is 15.0 Å². The van der Waals surface area contributed by atoms with E-state index < -0.39 is 24.5 Å². The summed E-state index contributed by atoms with van der Waals surface area (Å²) in [4.78, 5) is 13.6. The SMILES string of the molecule is [2H]C([2H])([2H])c1cc(-c2[c-]ccc3c2oc2nc(-c4c(C([2H])(C)C)cccc4C([2H])(C)C)ccc23)ncc1C([2H])(C)C.[Ir].[c-]1ccccc1-c1ccccn1. The van der Waals surface area contributed by atoms with Gasteiger partial charge >= 0.3 is 0 Å². The zero-order valence-corrected chi connectivity index (χ0v) is 30.3. The molecular weight excluding hydrogens is 767 g/mol. The number of aromatic nitrogens is 3. The number of pyridine rings is 3. The van der Waals surface area contributed by atoms with Crippen LogP contribution in [0.15, 0.2) is 108 Å². The molecule has 0 fully saturated rings. The Morgan fingerprint density at radius 3 is 2.08 bits per heavy atom. The van der Waals surface area contributed by atoms with E-state index in [1.54, 1.807) is 26.1 Å². The van der Waals surface area contributed by atoms with Gasteiger partial charge in [-0.1, -0.05) is 94.5 Å². The molecule has 1 radical (unpaired) electrons. The van der Waals surface area contributed by atoms with Crippen LogP contribution in [0.4, 0.5) is 0 Å². The molecule has 0 saturated heterocycles. The molecule has 7 aromatic rings. The van der Waals surface area contributed by atoms with Crippen LogP contribution in [0.5, 0.6) is 0 Å². The van der Waals surface area contributed by atoms with E-state index in [-0.39, 0.29) is 25.7 Å². The molecule has 3 aromatic carbocycles. The van der Waals surface area contributed by atoms with Crippen LogP contribution in [0.2, 0.25) is 0 Å². The minimum atomic E-state index is -2.42. The average molecular weight is 814 g/mol. The normalized spacial score (nSPS) is 14.0. The molecule has 0 aliphatic rings. The average Bonchev–Trinajstić information content (AvgIpc) is 3.49. The van der Waals surface area contributed by atoms with E-state index >= 15 is 0 Å². The maximum absolute atomic E-state index is 8.78. The fourth-order valence-corrected chi connectivity index (χ4v) is 5.68. The van der Waals surface area contributed by atoms with Crippen molar-refractivity contribution in [2.75, 3.05) is 0 Å². The van der Waals surface area contributed by atoms with Crippen molar-refractivity contribution in [3.05, 3.63) is 138 Å². The standard InChI is InChI=1S/C32H33N2O.C11H8N.Ir/c1-18(2)22-10-8-11-23(19(3)4)30(22)28-15-14-25-24-12-9-13-26(31(24)35-32(25)34-28)29-16-21(7)27(17-33-29)20(5)6;1-2-6-10(7-3-1)11-8-4-5-9-12-11;/h8-12,14-20H,1-7H3;1-6,8-9H;/q2*-1;/i7D3,18D,19D,20D;;. The van der Waals surface area contributed by atoms with Gasteiger partial charge in [-0.3, -0.25) is 0 Å². The number of fused-ring (bicyclic) bond motifs is 3. The van der Waals surface area contributed by atoms with Crippen molar-refractivity contribution in [3.8, 4) is 33.8 Å². The third-order valence-corrected chi connectivity index (χ3v) is 8.05. The Balaban J connectivity index is 0.000000365. The molecule has 0 N–H and O–H groups in total. The molecule has 0 aliphatic heterocycles. The van der Waals surface area contributed by atoms with Crippen molar-refractivity contribution in [2.24, 2.45) is 0 Å². The maximum Gasteiger partial charge on any atom is 0.216 e. The molecule has 4 heterocycles. The third kappa shape index (κ3) is 7.18. The van der Waals surface area contributed by atoms with E-state index in [2.05, 4.69) is 22.1 Å². The van der Waals surface area contributed by atoms with Crippen molar-refractivity contribution in [1.82, 2.24) is 15.0 Å². The molecular formula is C43H41IrN3O-2. The summed E-state index contributed by atoms with van der Waals surface area (Å²) in [5, 5.41) is 1.55. The first-order valence-electron chi connectivity index (χ1n) is 18.6. The second-order valence-electron chi connectivity index (χ2n) is 12.1. The van der Waals surface area contributed by atoms with E-state index in [9.17, 15) is 0 Å². The van der Waals surface area contributed by atoms with Crippen molar-refractivity contribution < 1.29 is 32.7 Å². The Labute approximate surface area is 306 Å². The molecule has 4 nitrogen and oxygen atoms in total. The Morgan fingerprint density at radius 2 is 1.44 bits per heavy atom. The van der Waals surface area contributed by atoms with E-state index in [0.29, 0.717) is 33.8 Å². The molecule has 0 bridgehead atoms. The molecule has 0 unspecified atom stereocenters. The number of hydrogen-bond acceptors (Lipinski definition) is 4. The Hall–Kier alpha value is -4.44. The number of rotatable bonds is 6. The predicted molar refractivity (Wildman–Crippen MR) is 195 cm³/mol. The molecule has 4 aromatic heterocycles. The molecule has 7 rings (SSSR count). The van der Waals surface area contributed by atoms with Gasteiger partial charge in [0.05, 0.1) is 11.3 Å². The van der Waals surface area contributed by atoms with Crippen LogP contribution < -0.4 is 0 Å². The molecule has 48 heavy (non-hydrogen) atoms. The zero-order chi connectivity index (χ0) is 38.3. The summed E-state index contributed by atoms with van der Waals surface area (Å²) in [7, 11) is 0. The van der Waals surface area contributed by atoms with Crippen LogP contribution in [0.25, 0.3) is 55.8 Å². The number of benzene rings is 3. The van der Waals surface area contributed by atoms with Gasteiger partial charge in [-0.25, -0.2) is 4.98 Å². The summed E-state index contributed by atoms with van der Waals surface area (Å²) in [5.41, 5.74) is 7.06. The molecule has 0 spiro atoms. The van der Waals surface area contributed by atoms with Crippen molar-refractivity contribution >= 4 is 22.1 Å². The van der Waals surface area contributed by atoms with Gasteiger partial charge in [0.2, 0.25) is 5.71 Å². The van der Waals surface area contributed by atoms with Crippen LogP contribution in [0, 0.1) is 19.0 Å². The first-order chi connectivity index (χ1) is 24.8. The van der Waals surface area contributed by atoms with Crippen molar-refractivity contribution in [1.29, 1.82) is 0 Å². The predicted octanol–water partition coefficient (Wildman–Crippen LogP) is 11.7. The number of hydrogen-bond donors (Lipinski definition) is 0.